The average Bonchev–Trinajstić information content (AvgIpc) is 2.76. The number of nitrogens with zero attached hydrogens (tertiary/aromatic N) is 1. The number of amides is 1. The Labute approximate surface area is 100 Å². The van der Waals surface area contributed by atoms with Gasteiger partial charge in [-0.2, -0.15) is 0 Å². The van der Waals surface area contributed by atoms with E-state index in [1.165, 1.54) is 0 Å². The molecule has 2 heterocycles. The van der Waals surface area contributed by atoms with Gasteiger partial charge in [0.2, 0.25) is 0 Å². The Kier molecular flexibility index (Phi) is 3.58. The van der Waals surface area contributed by atoms with Crippen molar-refractivity contribution in [3.8, 4) is 5.75 Å². The number of methoxy groups -OCH3 is 1. The molecule has 2 atom stereocenters. The Bertz CT molecular complexity index is 408. The van der Waals surface area contributed by atoms with Crippen LogP contribution >= 0.6 is 0 Å². The number of pyridine rings is 1. The van der Waals surface area contributed by atoms with E-state index in [1.54, 1.807) is 25.4 Å². The monoisotopic (exact) mass is 236 g/mol. The van der Waals surface area contributed by atoms with E-state index in [9.17, 15) is 4.79 Å². The second-order valence-corrected chi connectivity index (χ2v) is 4.08. The number of rotatable bonds is 3. The Balaban J connectivity index is 1.98. The normalized spacial score (nSPS) is 23.4. The van der Waals surface area contributed by atoms with Crippen LogP contribution in [0.25, 0.3) is 0 Å². The van der Waals surface area contributed by atoms with Crippen LogP contribution in [-0.4, -0.2) is 30.2 Å². The van der Waals surface area contributed by atoms with Crippen LogP contribution < -0.4 is 10.1 Å². The molecule has 1 aromatic heterocycles. The molecule has 0 unspecified atom stereocenters. The average molecular weight is 236 g/mol. The lowest BCUT2D eigenvalue weighted by Gasteiger charge is -2.11. The second-order valence-electron chi connectivity index (χ2n) is 4.08. The predicted molar refractivity (Wildman–Crippen MR) is 63.0 cm³/mol. The third-order valence-corrected chi connectivity index (χ3v) is 2.74. The maximum absolute atomic E-state index is 11.8. The van der Waals surface area contributed by atoms with Crippen molar-refractivity contribution in [3.05, 3.63) is 18.3 Å². The van der Waals surface area contributed by atoms with E-state index in [0.29, 0.717) is 11.6 Å². The molecule has 2 rings (SSSR count). The van der Waals surface area contributed by atoms with E-state index in [2.05, 4.69) is 10.3 Å². The standard InChI is InChI=1S/C12H16N2O3/c1-8-3-4-10(17-8)12(15)14-11-7-9(16-2)5-6-13-11/h5-8,10H,3-4H2,1-2H3,(H,13,14,15)/t8-,10+/m0/s1. The molecule has 0 aromatic carbocycles. The summed E-state index contributed by atoms with van der Waals surface area (Å²) in [6.07, 6.45) is 3.06. The van der Waals surface area contributed by atoms with Crippen molar-refractivity contribution >= 4 is 11.7 Å². The zero-order chi connectivity index (χ0) is 12.3. The maximum Gasteiger partial charge on any atom is 0.254 e. The number of carbonyl (C=O) groups is 1. The minimum Gasteiger partial charge on any atom is -0.497 e. The Morgan fingerprint density at radius 3 is 3.06 bits per heavy atom. The van der Waals surface area contributed by atoms with E-state index in [-0.39, 0.29) is 18.1 Å². The second kappa shape index (κ2) is 5.14. The molecular formula is C12H16N2O3. The van der Waals surface area contributed by atoms with Gasteiger partial charge in [0.1, 0.15) is 17.7 Å². The van der Waals surface area contributed by atoms with Gasteiger partial charge in [0.05, 0.1) is 13.2 Å². The van der Waals surface area contributed by atoms with Crippen LogP contribution in [0.3, 0.4) is 0 Å². The summed E-state index contributed by atoms with van der Waals surface area (Å²) in [6.45, 7) is 1.97. The summed E-state index contributed by atoms with van der Waals surface area (Å²) in [4.78, 5) is 15.9. The van der Waals surface area contributed by atoms with Crippen LogP contribution in [0.15, 0.2) is 18.3 Å². The highest BCUT2D eigenvalue weighted by molar-refractivity contribution is 5.93. The predicted octanol–water partition coefficient (Wildman–Crippen LogP) is 1.60. The first-order chi connectivity index (χ1) is 8.19. The van der Waals surface area contributed by atoms with Gasteiger partial charge < -0.3 is 14.8 Å². The zero-order valence-corrected chi connectivity index (χ0v) is 9.97. The molecular weight excluding hydrogens is 220 g/mol. The molecule has 1 fully saturated rings. The summed E-state index contributed by atoms with van der Waals surface area (Å²) in [7, 11) is 1.57. The van der Waals surface area contributed by atoms with Gasteiger partial charge in [0.15, 0.2) is 0 Å². The van der Waals surface area contributed by atoms with Crippen LogP contribution in [-0.2, 0) is 9.53 Å². The quantitative estimate of drug-likeness (QED) is 0.865. The van der Waals surface area contributed by atoms with Gasteiger partial charge in [0, 0.05) is 12.3 Å². The molecule has 5 nitrogen and oxygen atoms in total. The lowest BCUT2D eigenvalue weighted by atomic mass is 10.2. The Hall–Kier alpha value is -1.62. The summed E-state index contributed by atoms with van der Waals surface area (Å²) in [5, 5.41) is 2.72. The molecule has 1 saturated heterocycles. The van der Waals surface area contributed by atoms with Crippen LogP contribution in [0.1, 0.15) is 19.8 Å². The van der Waals surface area contributed by atoms with Gasteiger partial charge in [-0.3, -0.25) is 4.79 Å². The first-order valence-corrected chi connectivity index (χ1v) is 5.65. The molecule has 1 aliphatic heterocycles. The summed E-state index contributed by atoms with van der Waals surface area (Å²) in [5.41, 5.74) is 0. The van der Waals surface area contributed by atoms with Crippen molar-refractivity contribution in [2.45, 2.75) is 32.0 Å². The minimum absolute atomic E-state index is 0.143. The molecule has 1 amide bonds. The largest absolute Gasteiger partial charge is 0.497 e. The summed E-state index contributed by atoms with van der Waals surface area (Å²) < 4.78 is 10.5. The van der Waals surface area contributed by atoms with E-state index >= 15 is 0 Å². The number of anilines is 1. The lowest BCUT2D eigenvalue weighted by molar-refractivity contribution is -0.126. The van der Waals surface area contributed by atoms with E-state index in [0.717, 1.165) is 12.8 Å². The zero-order valence-electron chi connectivity index (χ0n) is 9.97. The maximum atomic E-state index is 11.8. The topological polar surface area (TPSA) is 60.5 Å². The molecule has 0 radical (unpaired) electrons. The van der Waals surface area contributed by atoms with Crippen LogP contribution in [0, 0.1) is 0 Å². The highest BCUT2D eigenvalue weighted by Gasteiger charge is 2.28. The summed E-state index contributed by atoms with van der Waals surface area (Å²) in [5.74, 6) is 1.00. The number of aromatic nitrogens is 1. The molecule has 1 N–H and O–H groups in total. The van der Waals surface area contributed by atoms with Crippen molar-refractivity contribution in [1.82, 2.24) is 4.98 Å². The van der Waals surface area contributed by atoms with Gasteiger partial charge in [-0.15, -0.1) is 0 Å². The summed E-state index contributed by atoms with van der Waals surface area (Å²) in [6, 6.07) is 3.40. The Morgan fingerprint density at radius 2 is 2.41 bits per heavy atom. The first kappa shape index (κ1) is 11.9. The van der Waals surface area contributed by atoms with Gasteiger partial charge >= 0.3 is 0 Å². The number of hydrogen-bond donors (Lipinski definition) is 1. The minimum atomic E-state index is -0.363. The molecule has 17 heavy (non-hydrogen) atoms. The van der Waals surface area contributed by atoms with Crippen LogP contribution in [0.4, 0.5) is 5.82 Å². The van der Waals surface area contributed by atoms with Crippen molar-refractivity contribution in [1.29, 1.82) is 0 Å². The van der Waals surface area contributed by atoms with E-state index in [1.807, 2.05) is 6.92 Å². The molecule has 0 saturated carbocycles. The lowest BCUT2D eigenvalue weighted by Crippen LogP contribution is -2.28. The van der Waals surface area contributed by atoms with Crippen molar-refractivity contribution < 1.29 is 14.3 Å². The fourth-order valence-electron chi connectivity index (χ4n) is 1.81. The van der Waals surface area contributed by atoms with Gasteiger partial charge in [-0.05, 0) is 25.8 Å². The molecule has 0 aliphatic carbocycles. The number of ether oxygens (including phenoxy) is 2. The van der Waals surface area contributed by atoms with Crippen molar-refractivity contribution in [2.24, 2.45) is 0 Å². The van der Waals surface area contributed by atoms with Gasteiger partial charge in [0.25, 0.3) is 5.91 Å². The third kappa shape index (κ3) is 2.94. The molecule has 5 heteroatoms. The smallest absolute Gasteiger partial charge is 0.254 e. The van der Waals surface area contributed by atoms with Crippen LogP contribution in [0.2, 0.25) is 0 Å². The molecule has 1 aliphatic rings. The number of nitrogens with one attached hydrogen (secondary N) is 1. The number of hydrogen-bond acceptors (Lipinski definition) is 4. The molecule has 0 bridgehead atoms. The first-order valence-electron chi connectivity index (χ1n) is 5.65. The van der Waals surface area contributed by atoms with Gasteiger partial charge in [-0.1, -0.05) is 0 Å². The summed E-state index contributed by atoms with van der Waals surface area (Å²) >= 11 is 0. The van der Waals surface area contributed by atoms with Crippen molar-refractivity contribution in [2.75, 3.05) is 12.4 Å². The molecule has 92 valence electrons. The Morgan fingerprint density at radius 1 is 1.59 bits per heavy atom. The highest BCUT2D eigenvalue weighted by Crippen LogP contribution is 2.21. The highest BCUT2D eigenvalue weighted by atomic mass is 16.5. The van der Waals surface area contributed by atoms with Gasteiger partial charge in [-0.25, -0.2) is 4.98 Å². The molecule has 1 aromatic rings. The fourth-order valence-corrected chi connectivity index (χ4v) is 1.81. The number of carbonyl (C=O) groups excluding carboxylic acids is 1. The van der Waals surface area contributed by atoms with E-state index in [4.69, 9.17) is 9.47 Å². The van der Waals surface area contributed by atoms with E-state index < -0.39 is 0 Å². The van der Waals surface area contributed by atoms with Crippen LogP contribution in [0.5, 0.6) is 5.75 Å². The third-order valence-electron chi connectivity index (χ3n) is 2.74. The SMILES string of the molecule is COc1ccnc(NC(=O)[C@H]2CC[C@H](C)O2)c1. The van der Waals surface area contributed by atoms with Crippen molar-refractivity contribution in [3.63, 3.8) is 0 Å². The fraction of sp³-hybridized carbons (Fsp3) is 0.500. The molecule has 0 spiro atoms.